The molecule has 0 radical (unpaired) electrons. The van der Waals surface area contributed by atoms with E-state index < -0.39 is 0 Å². The molecule has 0 aromatic heterocycles. The molecule has 2 N–H and O–H groups in total. The Morgan fingerprint density at radius 3 is 2.63 bits per heavy atom. The molecular formula is C15H31N3O. The first kappa shape index (κ1) is 15.2. The summed E-state index contributed by atoms with van der Waals surface area (Å²) in [5.41, 5.74) is -0.0953. The molecule has 0 spiro atoms. The maximum Gasteiger partial charge on any atom is 0.0611 e. The summed E-state index contributed by atoms with van der Waals surface area (Å²) < 4.78 is 0. The van der Waals surface area contributed by atoms with E-state index in [1.165, 1.54) is 38.9 Å². The summed E-state index contributed by atoms with van der Waals surface area (Å²) in [5.74, 6) is 0.826. The van der Waals surface area contributed by atoms with Crippen LogP contribution in [-0.2, 0) is 0 Å². The van der Waals surface area contributed by atoms with Crippen molar-refractivity contribution in [1.29, 1.82) is 0 Å². The van der Waals surface area contributed by atoms with Gasteiger partial charge in [-0.2, -0.15) is 0 Å². The second-order valence-corrected chi connectivity index (χ2v) is 7.07. The Labute approximate surface area is 118 Å². The topological polar surface area (TPSA) is 38.7 Å². The van der Waals surface area contributed by atoms with Crippen LogP contribution in [0.1, 0.15) is 32.6 Å². The van der Waals surface area contributed by atoms with Gasteiger partial charge in [0.25, 0.3) is 0 Å². The van der Waals surface area contributed by atoms with Crippen molar-refractivity contribution < 1.29 is 5.11 Å². The largest absolute Gasteiger partial charge is 0.394 e. The maximum atomic E-state index is 9.61. The molecule has 0 amide bonds. The van der Waals surface area contributed by atoms with Gasteiger partial charge in [-0.25, -0.2) is 0 Å². The standard InChI is InChI=1S/C15H31N3O/c1-15(12-19,16-14-4-5-14)7-9-18(3)11-13-6-8-17(2)10-13/h13-14,16,19H,4-12H2,1-3H3. The number of aliphatic hydroxyl groups is 1. The number of aliphatic hydroxyl groups excluding tert-OH is 1. The van der Waals surface area contributed by atoms with E-state index in [0.717, 1.165) is 18.9 Å². The highest BCUT2D eigenvalue weighted by molar-refractivity contribution is 4.92. The summed E-state index contributed by atoms with van der Waals surface area (Å²) >= 11 is 0. The Balaban J connectivity index is 1.67. The van der Waals surface area contributed by atoms with Gasteiger partial charge in [0.15, 0.2) is 0 Å². The average Bonchev–Trinajstić information content (AvgIpc) is 3.09. The van der Waals surface area contributed by atoms with E-state index in [0.29, 0.717) is 6.04 Å². The lowest BCUT2D eigenvalue weighted by Gasteiger charge is -2.31. The van der Waals surface area contributed by atoms with Gasteiger partial charge in [0.2, 0.25) is 0 Å². The van der Waals surface area contributed by atoms with Crippen LogP contribution >= 0.6 is 0 Å². The van der Waals surface area contributed by atoms with Crippen molar-refractivity contribution in [1.82, 2.24) is 15.1 Å². The minimum Gasteiger partial charge on any atom is -0.394 e. The van der Waals surface area contributed by atoms with E-state index in [9.17, 15) is 5.11 Å². The van der Waals surface area contributed by atoms with Gasteiger partial charge in [0.05, 0.1) is 6.61 Å². The first-order valence-corrected chi connectivity index (χ1v) is 7.76. The first-order chi connectivity index (χ1) is 9.00. The predicted molar refractivity (Wildman–Crippen MR) is 79.4 cm³/mol. The fraction of sp³-hybridized carbons (Fsp3) is 1.00. The minimum absolute atomic E-state index is 0.0953. The van der Waals surface area contributed by atoms with Crippen molar-refractivity contribution in [2.45, 2.75) is 44.2 Å². The monoisotopic (exact) mass is 269 g/mol. The normalized spacial score (nSPS) is 27.9. The van der Waals surface area contributed by atoms with E-state index in [2.05, 4.69) is 36.1 Å². The fourth-order valence-electron chi connectivity index (χ4n) is 3.06. The van der Waals surface area contributed by atoms with E-state index in [1.54, 1.807) is 0 Å². The van der Waals surface area contributed by atoms with Crippen molar-refractivity contribution in [3.05, 3.63) is 0 Å². The molecule has 1 aliphatic carbocycles. The highest BCUT2D eigenvalue weighted by Gasteiger charge is 2.32. The number of likely N-dealkylation sites (tertiary alicyclic amines) is 1. The Morgan fingerprint density at radius 2 is 2.11 bits per heavy atom. The number of nitrogens with one attached hydrogen (secondary N) is 1. The zero-order valence-electron chi connectivity index (χ0n) is 12.9. The molecule has 112 valence electrons. The van der Waals surface area contributed by atoms with Crippen molar-refractivity contribution >= 4 is 0 Å². The first-order valence-electron chi connectivity index (χ1n) is 7.76. The molecule has 2 rings (SSSR count). The summed E-state index contributed by atoms with van der Waals surface area (Å²) in [5, 5.41) is 13.2. The minimum atomic E-state index is -0.0953. The lowest BCUT2D eigenvalue weighted by atomic mass is 9.98. The van der Waals surface area contributed by atoms with Gasteiger partial charge in [0.1, 0.15) is 0 Å². The number of hydrogen-bond acceptors (Lipinski definition) is 4. The SMILES string of the molecule is CN1CCC(CN(C)CCC(C)(CO)NC2CC2)C1. The summed E-state index contributed by atoms with van der Waals surface area (Å²) in [6, 6.07) is 0.658. The van der Waals surface area contributed by atoms with Gasteiger partial charge in [-0.15, -0.1) is 0 Å². The van der Waals surface area contributed by atoms with Gasteiger partial charge in [0, 0.05) is 24.7 Å². The molecule has 1 saturated carbocycles. The van der Waals surface area contributed by atoms with Crippen LogP contribution in [0.25, 0.3) is 0 Å². The summed E-state index contributed by atoms with van der Waals surface area (Å²) in [4.78, 5) is 4.86. The van der Waals surface area contributed by atoms with E-state index in [-0.39, 0.29) is 12.1 Å². The van der Waals surface area contributed by atoms with Crippen molar-refractivity contribution in [2.24, 2.45) is 5.92 Å². The van der Waals surface area contributed by atoms with Crippen LogP contribution < -0.4 is 5.32 Å². The third-order valence-corrected chi connectivity index (χ3v) is 4.58. The molecule has 19 heavy (non-hydrogen) atoms. The highest BCUT2D eigenvalue weighted by atomic mass is 16.3. The number of rotatable bonds is 8. The smallest absolute Gasteiger partial charge is 0.0611 e. The molecule has 0 bridgehead atoms. The average molecular weight is 269 g/mol. The van der Waals surface area contributed by atoms with Gasteiger partial charge in [-0.1, -0.05) is 0 Å². The molecule has 2 atom stereocenters. The van der Waals surface area contributed by atoms with E-state index >= 15 is 0 Å². The molecule has 0 aromatic rings. The van der Waals surface area contributed by atoms with Crippen LogP contribution in [0.3, 0.4) is 0 Å². The zero-order valence-corrected chi connectivity index (χ0v) is 12.9. The molecule has 2 aliphatic rings. The van der Waals surface area contributed by atoms with Crippen LogP contribution in [0, 0.1) is 5.92 Å². The van der Waals surface area contributed by atoms with Crippen molar-refractivity contribution in [3.8, 4) is 0 Å². The maximum absolute atomic E-state index is 9.61. The molecule has 2 fully saturated rings. The molecular weight excluding hydrogens is 238 g/mol. The summed E-state index contributed by atoms with van der Waals surface area (Å²) in [7, 11) is 4.43. The Hall–Kier alpha value is -0.160. The van der Waals surface area contributed by atoms with Gasteiger partial charge >= 0.3 is 0 Å². The second kappa shape index (κ2) is 6.53. The Bertz CT molecular complexity index is 283. The Morgan fingerprint density at radius 1 is 1.37 bits per heavy atom. The number of nitrogens with zero attached hydrogens (tertiary/aromatic N) is 2. The molecule has 0 aromatic carbocycles. The van der Waals surface area contributed by atoms with Crippen molar-refractivity contribution in [3.63, 3.8) is 0 Å². The van der Waals surface area contributed by atoms with Crippen molar-refractivity contribution in [2.75, 3.05) is 46.9 Å². The van der Waals surface area contributed by atoms with E-state index in [1.807, 2.05) is 0 Å². The summed E-state index contributed by atoms with van der Waals surface area (Å²) in [6.07, 6.45) is 4.91. The fourth-order valence-corrected chi connectivity index (χ4v) is 3.06. The van der Waals surface area contributed by atoms with Crippen LogP contribution in [-0.4, -0.2) is 73.4 Å². The molecule has 4 heteroatoms. The third kappa shape index (κ3) is 5.03. The molecule has 1 saturated heterocycles. The number of hydrogen-bond donors (Lipinski definition) is 2. The van der Waals surface area contributed by atoms with Crippen LogP contribution in [0.4, 0.5) is 0 Å². The summed E-state index contributed by atoms with van der Waals surface area (Å²) in [6.45, 7) is 7.14. The van der Waals surface area contributed by atoms with Gasteiger partial charge in [-0.05, 0) is 65.7 Å². The molecule has 1 aliphatic heterocycles. The molecule has 4 nitrogen and oxygen atoms in total. The van der Waals surface area contributed by atoms with Crippen LogP contribution in [0.2, 0.25) is 0 Å². The zero-order chi connectivity index (χ0) is 13.9. The van der Waals surface area contributed by atoms with Gasteiger partial charge in [-0.3, -0.25) is 0 Å². The molecule has 2 unspecified atom stereocenters. The Kier molecular flexibility index (Phi) is 5.23. The van der Waals surface area contributed by atoms with E-state index in [4.69, 9.17) is 0 Å². The lowest BCUT2D eigenvalue weighted by Crippen LogP contribution is -2.49. The van der Waals surface area contributed by atoms with Gasteiger partial charge < -0.3 is 20.2 Å². The predicted octanol–water partition coefficient (Wildman–Crippen LogP) is 0.763. The second-order valence-electron chi connectivity index (χ2n) is 7.07. The highest BCUT2D eigenvalue weighted by Crippen LogP contribution is 2.24. The van der Waals surface area contributed by atoms with Crippen LogP contribution in [0.15, 0.2) is 0 Å². The van der Waals surface area contributed by atoms with Crippen LogP contribution in [0.5, 0.6) is 0 Å². The third-order valence-electron chi connectivity index (χ3n) is 4.58. The lowest BCUT2D eigenvalue weighted by molar-refractivity contribution is 0.146. The molecule has 1 heterocycles. The quantitative estimate of drug-likeness (QED) is 0.682.